The number of rotatable bonds is 7. The predicted molar refractivity (Wildman–Crippen MR) is 126 cm³/mol. The summed E-state index contributed by atoms with van der Waals surface area (Å²) in [6, 6.07) is 10.8. The maximum atomic E-state index is 13.2. The van der Waals surface area contributed by atoms with E-state index in [1.54, 1.807) is 11.8 Å². The van der Waals surface area contributed by atoms with E-state index in [1.165, 1.54) is 0 Å². The minimum atomic E-state index is -0.649. The van der Waals surface area contributed by atoms with E-state index in [9.17, 15) is 9.59 Å². The maximum Gasteiger partial charge on any atom is 0.261 e. The fourth-order valence-corrected chi connectivity index (χ4v) is 3.35. The van der Waals surface area contributed by atoms with Crippen molar-refractivity contribution >= 4 is 23.4 Å². The number of carbonyl (C=O) groups excluding carboxylic acids is 2. The summed E-state index contributed by atoms with van der Waals surface area (Å²) in [4.78, 5) is 27.6. The standard InChI is InChI=1S/C25H33ClN2O3/c1-16-10-8-9-11-20(16)14-28(19(4)24(30)27-25(5,6)7)22(29)15-31-21-12-17(2)23(26)18(3)13-21/h8-13,19H,14-15H2,1-7H3,(H,27,30). The predicted octanol–water partition coefficient (Wildman–Crippen LogP) is 4.98. The van der Waals surface area contributed by atoms with Gasteiger partial charge in [-0.05, 0) is 82.9 Å². The molecule has 0 aliphatic rings. The molecule has 0 radical (unpaired) electrons. The number of ether oxygens (including phenoxy) is 1. The lowest BCUT2D eigenvalue weighted by Crippen LogP contribution is -2.53. The van der Waals surface area contributed by atoms with Gasteiger partial charge in [0.15, 0.2) is 6.61 Å². The molecule has 2 rings (SSSR count). The largest absolute Gasteiger partial charge is 0.484 e. The van der Waals surface area contributed by atoms with Crippen LogP contribution in [-0.4, -0.2) is 34.9 Å². The van der Waals surface area contributed by atoms with Crippen LogP contribution in [0.1, 0.15) is 49.9 Å². The van der Waals surface area contributed by atoms with E-state index in [1.807, 2.05) is 77.9 Å². The molecule has 0 fully saturated rings. The molecular weight excluding hydrogens is 412 g/mol. The summed E-state index contributed by atoms with van der Waals surface area (Å²) in [5, 5.41) is 3.65. The summed E-state index contributed by atoms with van der Waals surface area (Å²) in [5.41, 5.74) is 3.44. The summed E-state index contributed by atoms with van der Waals surface area (Å²) >= 11 is 6.22. The normalized spacial score (nSPS) is 12.3. The summed E-state index contributed by atoms with van der Waals surface area (Å²) in [6.07, 6.45) is 0. The van der Waals surface area contributed by atoms with E-state index in [0.717, 1.165) is 22.3 Å². The van der Waals surface area contributed by atoms with Gasteiger partial charge in [-0.3, -0.25) is 9.59 Å². The molecule has 2 amide bonds. The molecule has 168 valence electrons. The van der Waals surface area contributed by atoms with Gasteiger partial charge in [0.05, 0.1) is 0 Å². The fourth-order valence-electron chi connectivity index (χ4n) is 3.25. The van der Waals surface area contributed by atoms with E-state index < -0.39 is 11.6 Å². The number of aryl methyl sites for hydroxylation is 3. The van der Waals surface area contributed by atoms with Crippen molar-refractivity contribution < 1.29 is 14.3 Å². The lowest BCUT2D eigenvalue weighted by molar-refractivity contribution is -0.142. The van der Waals surface area contributed by atoms with Crippen molar-refractivity contribution in [2.45, 2.75) is 66.6 Å². The third-order valence-corrected chi connectivity index (χ3v) is 5.64. The lowest BCUT2D eigenvalue weighted by Gasteiger charge is -2.31. The van der Waals surface area contributed by atoms with Gasteiger partial charge in [0.25, 0.3) is 5.91 Å². The smallest absolute Gasteiger partial charge is 0.261 e. The van der Waals surface area contributed by atoms with Crippen molar-refractivity contribution in [3.8, 4) is 5.75 Å². The van der Waals surface area contributed by atoms with Crippen LogP contribution >= 0.6 is 11.6 Å². The van der Waals surface area contributed by atoms with Crippen molar-refractivity contribution in [1.82, 2.24) is 10.2 Å². The summed E-state index contributed by atoms with van der Waals surface area (Å²) in [6.45, 7) is 13.4. The summed E-state index contributed by atoms with van der Waals surface area (Å²) in [7, 11) is 0. The van der Waals surface area contributed by atoms with Gasteiger partial charge in [-0.2, -0.15) is 0 Å². The highest BCUT2D eigenvalue weighted by Crippen LogP contribution is 2.26. The van der Waals surface area contributed by atoms with Gasteiger partial charge in [0.1, 0.15) is 11.8 Å². The Hall–Kier alpha value is -2.53. The Morgan fingerprint density at radius 3 is 2.19 bits per heavy atom. The Balaban J connectivity index is 2.23. The minimum Gasteiger partial charge on any atom is -0.484 e. The van der Waals surface area contributed by atoms with Crippen LogP contribution in [0.5, 0.6) is 5.75 Å². The number of carbonyl (C=O) groups is 2. The molecule has 5 nitrogen and oxygen atoms in total. The van der Waals surface area contributed by atoms with Crippen molar-refractivity contribution in [1.29, 1.82) is 0 Å². The number of amides is 2. The highest BCUT2D eigenvalue weighted by atomic mass is 35.5. The Morgan fingerprint density at radius 2 is 1.65 bits per heavy atom. The molecule has 1 unspecified atom stereocenters. The zero-order valence-corrected chi connectivity index (χ0v) is 20.3. The van der Waals surface area contributed by atoms with Crippen LogP contribution < -0.4 is 10.1 Å². The second kappa shape index (κ2) is 10.2. The molecule has 31 heavy (non-hydrogen) atoms. The van der Waals surface area contributed by atoms with Gasteiger partial charge in [0.2, 0.25) is 5.91 Å². The molecule has 0 aliphatic heterocycles. The zero-order valence-electron chi connectivity index (χ0n) is 19.5. The molecule has 0 aromatic heterocycles. The van der Waals surface area contributed by atoms with Gasteiger partial charge in [-0.15, -0.1) is 0 Å². The van der Waals surface area contributed by atoms with Crippen LogP contribution in [0.4, 0.5) is 0 Å². The Bertz CT molecular complexity index is 927. The average molecular weight is 445 g/mol. The molecule has 0 saturated carbocycles. The highest BCUT2D eigenvalue weighted by molar-refractivity contribution is 6.32. The third-order valence-electron chi connectivity index (χ3n) is 5.04. The second-order valence-electron chi connectivity index (χ2n) is 9.02. The van der Waals surface area contributed by atoms with Crippen LogP contribution in [0.15, 0.2) is 36.4 Å². The quantitative estimate of drug-likeness (QED) is 0.655. The van der Waals surface area contributed by atoms with E-state index >= 15 is 0 Å². The molecule has 0 saturated heterocycles. The van der Waals surface area contributed by atoms with Gasteiger partial charge in [0, 0.05) is 17.1 Å². The van der Waals surface area contributed by atoms with Gasteiger partial charge < -0.3 is 15.0 Å². The molecule has 0 aliphatic carbocycles. The van der Waals surface area contributed by atoms with E-state index in [2.05, 4.69) is 5.32 Å². The van der Waals surface area contributed by atoms with Crippen LogP contribution in [0, 0.1) is 20.8 Å². The van der Waals surface area contributed by atoms with Crippen LogP contribution in [0.3, 0.4) is 0 Å². The van der Waals surface area contributed by atoms with Crippen LogP contribution in [-0.2, 0) is 16.1 Å². The zero-order chi connectivity index (χ0) is 23.3. The first-order chi connectivity index (χ1) is 14.4. The first kappa shape index (κ1) is 24.7. The van der Waals surface area contributed by atoms with E-state index in [4.69, 9.17) is 16.3 Å². The Kier molecular flexibility index (Phi) is 8.13. The number of nitrogens with one attached hydrogen (secondary N) is 1. The molecule has 1 atom stereocenters. The first-order valence-corrected chi connectivity index (χ1v) is 10.8. The summed E-state index contributed by atoms with van der Waals surface area (Å²) < 4.78 is 5.78. The monoisotopic (exact) mass is 444 g/mol. The topological polar surface area (TPSA) is 58.6 Å². The molecule has 2 aromatic rings. The molecule has 0 bridgehead atoms. The van der Waals surface area contributed by atoms with E-state index in [0.29, 0.717) is 17.3 Å². The molecule has 0 heterocycles. The Labute approximate surface area is 190 Å². The van der Waals surface area contributed by atoms with Crippen molar-refractivity contribution in [2.24, 2.45) is 0 Å². The Morgan fingerprint density at radius 1 is 1.06 bits per heavy atom. The number of hydrogen-bond acceptors (Lipinski definition) is 3. The third kappa shape index (κ3) is 7.00. The second-order valence-corrected chi connectivity index (χ2v) is 9.40. The van der Waals surface area contributed by atoms with Gasteiger partial charge >= 0.3 is 0 Å². The van der Waals surface area contributed by atoms with Gasteiger partial charge in [-0.25, -0.2) is 0 Å². The molecule has 2 aromatic carbocycles. The van der Waals surface area contributed by atoms with Crippen LogP contribution in [0.2, 0.25) is 5.02 Å². The summed E-state index contributed by atoms with van der Waals surface area (Å²) in [5.74, 6) is 0.119. The number of hydrogen-bond donors (Lipinski definition) is 1. The van der Waals surface area contributed by atoms with Crippen molar-refractivity contribution in [2.75, 3.05) is 6.61 Å². The number of halogens is 1. The van der Waals surface area contributed by atoms with Crippen molar-refractivity contribution in [3.63, 3.8) is 0 Å². The fraction of sp³-hybridized carbons (Fsp3) is 0.440. The minimum absolute atomic E-state index is 0.167. The van der Waals surface area contributed by atoms with E-state index in [-0.39, 0.29) is 18.4 Å². The molecule has 1 N–H and O–H groups in total. The average Bonchev–Trinajstić information content (AvgIpc) is 2.67. The SMILES string of the molecule is Cc1ccccc1CN(C(=O)COc1cc(C)c(Cl)c(C)c1)C(C)C(=O)NC(C)(C)C. The molecule has 6 heteroatoms. The first-order valence-electron chi connectivity index (χ1n) is 10.4. The van der Waals surface area contributed by atoms with Crippen molar-refractivity contribution in [3.05, 3.63) is 63.7 Å². The van der Waals surface area contributed by atoms with Gasteiger partial charge in [-0.1, -0.05) is 35.9 Å². The van der Waals surface area contributed by atoms with Crippen LogP contribution in [0.25, 0.3) is 0 Å². The number of nitrogens with zero attached hydrogens (tertiary/aromatic N) is 1. The number of benzene rings is 2. The lowest BCUT2D eigenvalue weighted by atomic mass is 10.1. The maximum absolute atomic E-state index is 13.2. The molecular formula is C25H33ClN2O3. The highest BCUT2D eigenvalue weighted by Gasteiger charge is 2.29. The molecule has 0 spiro atoms.